The number of Topliss-reactive ketones (excluding diaryl/α,β-unsaturated/α-hetero) is 1. The van der Waals surface area contributed by atoms with Gasteiger partial charge in [0.15, 0.2) is 5.78 Å². The average molecular weight is 735 g/mol. The number of nitrogens with one attached hydrogen (secondary N) is 4. The molecule has 13 heteroatoms. The standard InChI is InChI=1S/C40H58N6O7/c1-7-17-41-32(47)20-29(19-25-12-13-25)42-36(49)31-21-30(53-39(52)45-18-16-26-10-8-9-11-28(26)22-45)23-46(31)37(50)35(40(4,5)6)44-38(51)43-33(24(2)3)34(48)27-14-15-27/h7-11,24-25,27,29-31,33,35H,1,12-23H2,2-6H3,(H,41,47)(H,42,49)(H2,43,44,51)/t29?,30-,31+,33+,35-/m1/s1. The van der Waals surface area contributed by atoms with Crippen molar-refractivity contribution < 1.29 is 33.5 Å². The van der Waals surface area contributed by atoms with Crippen LogP contribution in [-0.4, -0.2) is 95.3 Å². The molecular formula is C40H58N6O7. The lowest BCUT2D eigenvalue weighted by molar-refractivity contribution is -0.142. The van der Waals surface area contributed by atoms with Gasteiger partial charge in [0.25, 0.3) is 0 Å². The van der Waals surface area contributed by atoms with Crippen molar-refractivity contribution >= 4 is 35.6 Å². The number of fused-ring (bicyclic) bond motifs is 1. The first-order valence-electron chi connectivity index (χ1n) is 19.3. The number of urea groups is 1. The van der Waals surface area contributed by atoms with Gasteiger partial charge in [0.05, 0.1) is 12.6 Å². The van der Waals surface area contributed by atoms with Gasteiger partial charge in [-0.25, -0.2) is 9.59 Å². The SMILES string of the molecule is C=CCNC(=O)CC(CC1CC1)NC(=O)[C@@H]1C[C@@H](OC(=O)N2CCc3ccccc3C2)CN1C(=O)[C@@H](NC(=O)N[C@H](C(=O)C1CC1)C(C)C)C(C)(C)C. The third-order valence-electron chi connectivity index (χ3n) is 10.7. The van der Waals surface area contributed by atoms with E-state index in [-0.39, 0.29) is 42.9 Å². The minimum atomic E-state index is -1.08. The van der Waals surface area contributed by atoms with Crippen LogP contribution in [0.3, 0.4) is 0 Å². The van der Waals surface area contributed by atoms with Crippen LogP contribution in [0.15, 0.2) is 36.9 Å². The Hall–Kier alpha value is -4.42. The maximum atomic E-state index is 14.6. The Labute approximate surface area is 313 Å². The van der Waals surface area contributed by atoms with Crippen molar-refractivity contribution in [3.63, 3.8) is 0 Å². The molecule has 1 unspecified atom stereocenters. The van der Waals surface area contributed by atoms with Crippen LogP contribution in [0.25, 0.3) is 0 Å². The van der Waals surface area contributed by atoms with E-state index < -0.39 is 59.6 Å². The largest absolute Gasteiger partial charge is 0.444 e. The second-order valence-corrected chi connectivity index (χ2v) is 16.7. The van der Waals surface area contributed by atoms with Gasteiger partial charge in [-0.2, -0.15) is 0 Å². The van der Waals surface area contributed by atoms with E-state index in [9.17, 15) is 28.8 Å². The molecule has 2 aliphatic heterocycles. The quantitative estimate of drug-likeness (QED) is 0.199. The highest BCUT2D eigenvalue weighted by Crippen LogP contribution is 2.35. The van der Waals surface area contributed by atoms with Crippen molar-refractivity contribution in [2.45, 2.75) is 123 Å². The van der Waals surface area contributed by atoms with E-state index >= 15 is 0 Å². The van der Waals surface area contributed by atoms with Crippen molar-refractivity contribution in [2.24, 2.45) is 23.2 Å². The zero-order chi connectivity index (χ0) is 38.4. The molecule has 2 heterocycles. The minimum absolute atomic E-state index is 0.00848. The summed E-state index contributed by atoms with van der Waals surface area (Å²) in [5.74, 6) is -0.961. The first kappa shape index (κ1) is 39.8. The number of amides is 6. The smallest absolute Gasteiger partial charge is 0.410 e. The highest BCUT2D eigenvalue weighted by Gasteiger charge is 2.47. The summed E-state index contributed by atoms with van der Waals surface area (Å²) in [6.45, 7) is 14.0. The summed E-state index contributed by atoms with van der Waals surface area (Å²) in [6.07, 6.45) is 5.42. The third-order valence-corrected chi connectivity index (χ3v) is 10.7. The van der Waals surface area contributed by atoms with E-state index in [1.165, 1.54) is 10.5 Å². The molecule has 0 spiro atoms. The second-order valence-electron chi connectivity index (χ2n) is 16.7. The topological polar surface area (TPSA) is 166 Å². The number of carbonyl (C=O) groups is 6. The van der Waals surface area contributed by atoms with Gasteiger partial charge in [0.2, 0.25) is 17.7 Å². The fourth-order valence-corrected chi connectivity index (χ4v) is 7.29. The molecule has 290 valence electrons. The van der Waals surface area contributed by atoms with Gasteiger partial charge >= 0.3 is 12.1 Å². The Morgan fingerprint density at radius 2 is 1.68 bits per heavy atom. The number of benzene rings is 1. The van der Waals surface area contributed by atoms with E-state index in [0.29, 0.717) is 38.4 Å². The number of carbonyl (C=O) groups excluding carboxylic acids is 6. The first-order valence-corrected chi connectivity index (χ1v) is 19.3. The number of likely N-dealkylation sites (tertiary alicyclic amines) is 1. The van der Waals surface area contributed by atoms with Crippen molar-refractivity contribution in [2.75, 3.05) is 19.6 Å². The molecule has 0 aromatic heterocycles. The lowest BCUT2D eigenvalue weighted by atomic mass is 9.85. The van der Waals surface area contributed by atoms with E-state index in [4.69, 9.17) is 4.74 Å². The van der Waals surface area contributed by atoms with Crippen molar-refractivity contribution in [1.82, 2.24) is 31.1 Å². The maximum Gasteiger partial charge on any atom is 0.410 e. The lowest BCUT2D eigenvalue weighted by Crippen LogP contribution is -2.61. The molecule has 1 saturated heterocycles. The fraction of sp³-hybridized carbons (Fsp3) is 0.650. The number of ether oxygens (including phenoxy) is 1. The van der Waals surface area contributed by atoms with Crippen molar-refractivity contribution in [3.8, 4) is 0 Å². The van der Waals surface area contributed by atoms with Gasteiger partial charge in [-0.1, -0.05) is 77.8 Å². The Balaban J connectivity index is 1.34. The van der Waals surface area contributed by atoms with Crippen LogP contribution in [-0.2, 0) is 36.9 Å². The summed E-state index contributed by atoms with van der Waals surface area (Å²) in [6, 6.07) is 4.06. The van der Waals surface area contributed by atoms with E-state index in [0.717, 1.165) is 31.2 Å². The van der Waals surface area contributed by atoms with Crippen LogP contribution in [0.4, 0.5) is 9.59 Å². The number of rotatable bonds is 15. The molecular weight excluding hydrogens is 676 g/mol. The molecule has 13 nitrogen and oxygen atoms in total. The summed E-state index contributed by atoms with van der Waals surface area (Å²) in [5, 5.41) is 11.5. The zero-order valence-corrected chi connectivity index (χ0v) is 32.0. The molecule has 5 atom stereocenters. The molecule has 53 heavy (non-hydrogen) atoms. The number of hydrogen-bond donors (Lipinski definition) is 4. The van der Waals surface area contributed by atoms with Gasteiger partial charge in [0.1, 0.15) is 18.2 Å². The molecule has 0 bridgehead atoms. The van der Waals surface area contributed by atoms with Crippen LogP contribution < -0.4 is 21.3 Å². The summed E-state index contributed by atoms with van der Waals surface area (Å²) < 4.78 is 6.00. The molecule has 5 rings (SSSR count). The minimum Gasteiger partial charge on any atom is -0.444 e. The van der Waals surface area contributed by atoms with Crippen LogP contribution in [0.5, 0.6) is 0 Å². The number of ketones is 1. The average Bonchev–Trinajstić information content (AvgIpc) is 4.06. The fourth-order valence-electron chi connectivity index (χ4n) is 7.29. The van der Waals surface area contributed by atoms with Crippen LogP contribution >= 0.6 is 0 Å². The predicted molar refractivity (Wildman–Crippen MR) is 199 cm³/mol. The highest BCUT2D eigenvalue weighted by molar-refractivity contribution is 5.95. The van der Waals surface area contributed by atoms with Gasteiger partial charge in [-0.05, 0) is 54.1 Å². The Morgan fingerprint density at radius 3 is 2.30 bits per heavy atom. The Bertz CT molecular complexity index is 1550. The van der Waals surface area contributed by atoms with Crippen LogP contribution in [0.2, 0.25) is 0 Å². The van der Waals surface area contributed by atoms with E-state index in [2.05, 4.69) is 33.9 Å². The normalized spacial score (nSPS) is 21.5. The van der Waals surface area contributed by atoms with Gasteiger partial charge < -0.3 is 35.8 Å². The number of nitrogens with zero attached hydrogens (tertiary/aromatic N) is 2. The van der Waals surface area contributed by atoms with Gasteiger partial charge in [-0.15, -0.1) is 6.58 Å². The molecule has 3 fully saturated rings. The molecule has 2 saturated carbocycles. The predicted octanol–water partition coefficient (Wildman–Crippen LogP) is 3.85. The van der Waals surface area contributed by atoms with Crippen molar-refractivity contribution in [3.05, 3.63) is 48.0 Å². The molecule has 1 aromatic carbocycles. The monoisotopic (exact) mass is 734 g/mol. The molecule has 0 radical (unpaired) electrons. The lowest BCUT2D eigenvalue weighted by Gasteiger charge is -2.36. The second kappa shape index (κ2) is 17.2. The Morgan fingerprint density at radius 1 is 0.981 bits per heavy atom. The summed E-state index contributed by atoms with van der Waals surface area (Å²) in [7, 11) is 0. The third kappa shape index (κ3) is 10.8. The molecule has 1 aromatic rings. The van der Waals surface area contributed by atoms with Crippen molar-refractivity contribution in [1.29, 1.82) is 0 Å². The molecule has 4 N–H and O–H groups in total. The van der Waals surface area contributed by atoms with E-state index in [1.54, 1.807) is 11.0 Å². The van der Waals surface area contributed by atoms with E-state index in [1.807, 2.05) is 52.8 Å². The molecule has 2 aliphatic carbocycles. The zero-order valence-electron chi connectivity index (χ0n) is 32.0. The maximum absolute atomic E-state index is 14.6. The van der Waals surface area contributed by atoms with Crippen LogP contribution in [0, 0.1) is 23.2 Å². The molecule has 4 aliphatic rings. The molecule has 6 amide bonds. The highest BCUT2D eigenvalue weighted by atomic mass is 16.6. The Kier molecular flexibility index (Phi) is 12.9. The van der Waals surface area contributed by atoms with Gasteiger partial charge in [-0.3, -0.25) is 19.2 Å². The summed E-state index contributed by atoms with van der Waals surface area (Å²) >= 11 is 0. The van der Waals surface area contributed by atoms with Crippen LogP contribution in [0.1, 0.15) is 90.7 Å². The first-order chi connectivity index (χ1) is 25.1. The number of hydrogen-bond acceptors (Lipinski definition) is 7. The summed E-state index contributed by atoms with van der Waals surface area (Å²) in [4.78, 5) is 84.4. The summed E-state index contributed by atoms with van der Waals surface area (Å²) in [5.41, 5.74) is 1.44. The van der Waals surface area contributed by atoms with Gasteiger partial charge in [0, 0.05) is 44.4 Å².